The van der Waals surface area contributed by atoms with Crippen molar-refractivity contribution in [2.45, 2.75) is 25.8 Å². The summed E-state index contributed by atoms with van der Waals surface area (Å²) in [6, 6.07) is 5.90. The van der Waals surface area contributed by atoms with Crippen LogP contribution in [-0.2, 0) is 11.2 Å². The third kappa shape index (κ3) is 3.67. The Bertz CT molecular complexity index is 490. The van der Waals surface area contributed by atoms with Crippen LogP contribution in [0.25, 0.3) is 0 Å². The fourth-order valence-corrected chi connectivity index (χ4v) is 2.70. The summed E-state index contributed by atoms with van der Waals surface area (Å²) in [5.74, 6) is 1.68. The molecule has 1 atom stereocenters. The van der Waals surface area contributed by atoms with Crippen LogP contribution in [-0.4, -0.2) is 50.7 Å². The fraction of sp³-hybridized carbons (Fsp3) is 0.562. The van der Waals surface area contributed by atoms with Crippen LogP contribution < -0.4 is 14.8 Å². The molecule has 1 aliphatic heterocycles. The van der Waals surface area contributed by atoms with Crippen molar-refractivity contribution in [1.29, 1.82) is 0 Å². The summed E-state index contributed by atoms with van der Waals surface area (Å²) in [4.78, 5) is 14.1. The molecule has 1 fully saturated rings. The average Bonchev–Trinajstić information content (AvgIpc) is 2.86. The molecule has 1 saturated heterocycles. The highest BCUT2D eigenvalue weighted by Gasteiger charge is 2.30. The highest BCUT2D eigenvalue weighted by Crippen LogP contribution is 2.27. The standard InChI is InChI=1S/C16H24N2O3/c1-4-17-13-8-10-18(16(13)19)9-7-12-5-6-14(20-2)15(11-12)21-3/h5-6,11,13,17H,4,7-10H2,1-3H3. The van der Waals surface area contributed by atoms with Crippen LogP contribution in [0.2, 0.25) is 0 Å². The first kappa shape index (κ1) is 15.6. The molecule has 21 heavy (non-hydrogen) atoms. The van der Waals surface area contributed by atoms with Crippen molar-refractivity contribution < 1.29 is 14.3 Å². The number of likely N-dealkylation sites (N-methyl/N-ethyl adjacent to an activating group) is 1. The van der Waals surface area contributed by atoms with Gasteiger partial charge in [-0.25, -0.2) is 0 Å². The lowest BCUT2D eigenvalue weighted by Gasteiger charge is -2.17. The molecule has 0 spiro atoms. The van der Waals surface area contributed by atoms with Crippen molar-refractivity contribution in [2.75, 3.05) is 33.9 Å². The largest absolute Gasteiger partial charge is 0.493 e. The highest BCUT2D eigenvalue weighted by atomic mass is 16.5. The van der Waals surface area contributed by atoms with E-state index in [2.05, 4.69) is 5.32 Å². The molecule has 0 bridgehead atoms. The number of methoxy groups -OCH3 is 2. The highest BCUT2D eigenvalue weighted by molar-refractivity contribution is 5.83. The van der Waals surface area contributed by atoms with Crippen LogP contribution in [0, 0.1) is 0 Å². The van der Waals surface area contributed by atoms with Gasteiger partial charge in [-0.15, -0.1) is 0 Å². The third-order valence-corrected chi connectivity index (χ3v) is 3.87. The molecular weight excluding hydrogens is 268 g/mol. The van der Waals surface area contributed by atoms with Crippen LogP contribution in [0.3, 0.4) is 0 Å². The Kier molecular flexibility index (Phi) is 5.44. The van der Waals surface area contributed by atoms with Crippen molar-refractivity contribution in [3.8, 4) is 11.5 Å². The van der Waals surface area contributed by atoms with Crippen molar-refractivity contribution in [1.82, 2.24) is 10.2 Å². The molecule has 1 aliphatic rings. The lowest BCUT2D eigenvalue weighted by Crippen LogP contribution is -2.38. The number of nitrogens with zero attached hydrogens (tertiary/aromatic N) is 1. The normalized spacial score (nSPS) is 18.1. The van der Waals surface area contributed by atoms with Gasteiger partial charge in [0.05, 0.1) is 20.3 Å². The molecule has 2 rings (SSSR count). The fourth-order valence-electron chi connectivity index (χ4n) is 2.70. The zero-order valence-electron chi connectivity index (χ0n) is 13.0. The molecule has 1 aromatic rings. The second-order valence-electron chi connectivity index (χ2n) is 5.16. The van der Waals surface area contributed by atoms with E-state index in [1.807, 2.05) is 30.0 Å². The molecule has 0 saturated carbocycles. The lowest BCUT2D eigenvalue weighted by atomic mass is 10.1. The van der Waals surface area contributed by atoms with Gasteiger partial charge in [-0.2, -0.15) is 0 Å². The summed E-state index contributed by atoms with van der Waals surface area (Å²) in [7, 11) is 3.26. The number of rotatable bonds is 7. The second-order valence-corrected chi connectivity index (χ2v) is 5.16. The van der Waals surface area contributed by atoms with Crippen LogP contribution in [0.4, 0.5) is 0 Å². The smallest absolute Gasteiger partial charge is 0.239 e. The molecule has 1 N–H and O–H groups in total. The quantitative estimate of drug-likeness (QED) is 0.826. The van der Waals surface area contributed by atoms with E-state index >= 15 is 0 Å². The number of likely N-dealkylation sites (tertiary alicyclic amines) is 1. The number of ether oxygens (including phenoxy) is 2. The summed E-state index contributed by atoms with van der Waals surface area (Å²) in [5, 5.41) is 3.23. The van der Waals surface area contributed by atoms with E-state index in [1.165, 1.54) is 0 Å². The minimum atomic E-state index is 0.000374. The van der Waals surface area contributed by atoms with Crippen molar-refractivity contribution in [2.24, 2.45) is 0 Å². The average molecular weight is 292 g/mol. The van der Waals surface area contributed by atoms with E-state index in [9.17, 15) is 4.79 Å². The Labute approximate surface area is 126 Å². The summed E-state index contributed by atoms with van der Waals surface area (Å²) >= 11 is 0. The maximum Gasteiger partial charge on any atom is 0.239 e. The monoisotopic (exact) mass is 292 g/mol. The van der Waals surface area contributed by atoms with Crippen LogP contribution in [0.5, 0.6) is 11.5 Å². The maximum atomic E-state index is 12.2. The van der Waals surface area contributed by atoms with Gasteiger partial charge in [0.1, 0.15) is 0 Å². The zero-order valence-corrected chi connectivity index (χ0v) is 13.0. The first-order valence-electron chi connectivity index (χ1n) is 7.42. The molecule has 0 radical (unpaired) electrons. The van der Waals surface area contributed by atoms with Gasteiger partial charge in [0.25, 0.3) is 0 Å². The number of nitrogens with one attached hydrogen (secondary N) is 1. The molecule has 5 nitrogen and oxygen atoms in total. The Morgan fingerprint density at radius 3 is 2.71 bits per heavy atom. The lowest BCUT2D eigenvalue weighted by molar-refractivity contribution is -0.129. The predicted octanol–water partition coefficient (Wildman–Crippen LogP) is 1.46. The molecule has 0 aliphatic carbocycles. The number of carbonyl (C=O) groups is 1. The molecule has 0 aromatic heterocycles. The number of carbonyl (C=O) groups excluding carboxylic acids is 1. The topological polar surface area (TPSA) is 50.8 Å². The van der Waals surface area contributed by atoms with E-state index in [0.717, 1.165) is 49.5 Å². The van der Waals surface area contributed by atoms with Gasteiger partial charge in [0.2, 0.25) is 5.91 Å². The van der Waals surface area contributed by atoms with Gasteiger partial charge >= 0.3 is 0 Å². The van der Waals surface area contributed by atoms with Crippen molar-refractivity contribution in [3.05, 3.63) is 23.8 Å². The van der Waals surface area contributed by atoms with Crippen LogP contribution in [0.1, 0.15) is 18.9 Å². The minimum Gasteiger partial charge on any atom is -0.493 e. The zero-order chi connectivity index (χ0) is 15.2. The van der Waals surface area contributed by atoms with Gasteiger partial charge in [-0.05, 0) is 37.1 Å². The molecule has 1 heterocycles. The summed E-state index contributed by atoms with van der Waals surface area (Å²) in [6.07, 6.45) is 1.73. The Morgan fingerprint density at radius 1 is 1.29 bits per heavy atom. The Hall–Kier alpha value is -1.75. The van der Waals surface area contributed by atoms with E-state index in [1.54, 1.807) is 14.2 Å². The van der Waals surface area contributed by atoms with E-state index in [-0.39, 0.29) is 11.9 Å². The van der Waals surface area contributed by atoms with Gasteiger partial charge in [0.15, 0.2) is 11.5 Å². The minimum absolute atomic E-state index is 0.000374. The predicted molar refractivity (Wildman–Crippen MR) is 81.9 cm³/mol. The molecule has 1 amide bonds. The van der Waals surface area contributed by atoms with Gasteiger partial charge in [-0.3, -0.25) is 4.79 Å². The van der Waals surface area contributed by atoms with Crippen LogP contribution >= 0.6 is 0 Å². The Morgan fingerprint density at radius 2 is 2.05 bits per heavy atom. The summed E-state index contributed by atoms with van der Waals surface area (Å²) in [5.41, 5.74) is 1.15. The molecule has 116 valence electrons. The molecule has 1 unspecified atom stereocenters. The number of hydrogen-bond donors (Lipinski definition) is 1. The first-order chi connectivity index (χ1) is 10.2. The number of benzene rings is 1. The number of amides is 1. The second kappa shape index (κ2) is 7.31. The van der Waals surface area contributed by atoms with Crippen LogP contribution in [0.15, 0.2) is 18.2 Å². The number of hydrogen-bond acceptors (Lipinski definition) is 4. The SMILES string of the molecule is CCNC1CCN(CCc2ccc(OC)c(OC)c2)C1=O. The van der Waals surface area contributed by atoms with Gasteiger partial charge < -0.3 is 19.7 Å². The van der Waals surface area contributed by atoms with E-state index < -0.39 is 0 Å². The van der Waals surface area contributed by atoms with E-state index in [0.29, 0.717) is 0 Å². The molecule has 1 aromatic carbocycles. The molecule has 5 heteroatoms. The van der Waals surface area contributed by atoms with Crippen molar-refractivity contribution >= 4 is 5.91 Å². The summed E-state index contributed by atoms with van der Waals surface area (Å²) in [6.45, 7) is 4.44. The van der Waals surface area contributed by atoms with Gasteiger partial charge in [0, 0.05) is 13.1 Å². The third-order valence-electron chi connectivity index (χ3n) is 3.87. The Balaban J connectivity index is 1.93. The van der Waals surface area contributed by atoms with Gasteiger partial charge in [-0.1, -0.05) is 13.0 Å². The summed E-state index contributed by atoms with van der Waals surface area (Å²) < 4.78 is 10.5. The molecular formula is C16H24N2O3. The maximum absolute atomic E-state index is 12.2. The van der Waals surface area contributed by atoms with E-state index in [4.69, 9.17) is 9.47 Å². The first-order valence-corrected chi connectivity index (χ1v) is 7.42. The van der Waals surface area contributed by atoms with Crippen molar-refractivity contribution in [3.63, 3.8) is 0 Å².